The summed E-state index contributed by atoms with van der Waals surface area (Å²) < 4.78 is 5.26. The molecule has 0 radical (unpaired) electrons. The quantitative estimate of drug-likeness (QED) is 0.616. The van der Waals surface area contributed by atoms with E-state index in [0.717, 1.165) is 6.42 Å². The van der Waals surface area contributed by atoms with Crippen LogP contribution >= 0.6 is 0 Å². The zero-order valence-electron chi connectivity index (χ0n) is 7.83. The molecule has 0 aromatic rings. The van der Waals surface area contributed by atoms with E-state index in [4.69, 9.17) is 9.84 Å². The van der Waals surface area contributed by atoms with Crippen LogP contribution in [0.2, 0.25) is 0 Å². The van der Waals surface area contributed by atoms with E-state index < -0.39 is 12.0 Å². The lowest BCUT2D eigenvalue weighted by molar-refractivity contribution is -0.143. The standard InChI is InChI=1S/C8H17NO3/c1-4-5-12-6(2)7(9-3)8(10)11/h6-7,9H,4-5H2,1-3H3,(H,10,11)/t6-,7+/m1/s1. The molecule has 0 aromatic heterocycles. The lowest BCUT2D eigenvalue weighted by atomic mass is 10.2. The molecule has 0 heterocycles. The molecule has 2 atom stereocenters. The van der Waals surface area contributed by atoms with Gasteiger partial charge in [0, 0.05) is 6.61 Å². The van der Waals surface area contributed by atoms with Crippen molar-refractivity contribution < 1.29 is 14.6 Å². The zero-order chi connectivity index (χ0) is 9.56. The van der Waals surface area contributed by atoms with Crippen LogP contribution in [0.5, 0.6) is 0 Å². The third-order valence-corrected chi connectivity index (χ3v) is 1.63. The number of aliphatic carboxylic acids is 1. The Balaban J connectivity index is 3.85. The second-order valence-electron chi connectivity index (χ2n) is 2.68. The number of rotatable bonds is 6. The number of carbonyl (C=O) groups is 1. The maximum atomic E-state index is 10.6. The summed E-state index contributed by atoms with van der Waals surface area (Å²) in [6.45, 7) is 4.35. The molecule has 12 heavy (non-hydrogen) atoms. The van der Waals surface area contributed by atoms with Crippen molar-refractivity contribution in [3.05, 3.63) is 0 Å². The van der Waals surface area contributed by atoms with Crippen molar-refractivity contribution in [3.63, 3.8) is 0 Å². The molecule has 0 saturated heterocycles. The van der Waals surface area contributed by atoms with E-state index >= 15 is 0 Å². The first-order chi connectivity index (χ1) is 5.63. The number of hydrogen-bond donors (Lipinski definition) is 2. The van der Waals surface area contributed by atoms with Crippen LogP contribution in [0.15, 0.2) is 0 Å². The van der Waals surface area contributed by atoms with Gasteiger partial charge in [0.25, 0.3) is 0 Å². The van der Waals surface area contributed by atoms with Gasteiger partial charge in [-0.3, -0.25) is 4.79 Å². The molecule has 0 aliphatic rings. The summed E-state index contributed by atoms with van der Waals surface area (Å²) in [4.78, 5) is 10.6. The number of ether oxygens (including phenoxy) is 1. The highest BCUT2D eigenvalue weighted by molar-refractivity contribution is 5.74. The van der Waals surface area contributed by atoms with Crippen LogP contribution < -0.4 is 5.32 Å². The van der Waals surface area contributed by atoms with Gasteiger partial charge in [-0.15, -0.1) is 0 Å². The van der Waals surface area contributed by atoms with E-state index in [9.17, 15) is 4.79 Å². The van der Waals surface area contributed by atoms with Crippen LogP contribution in [0.25, 0.3) is 0 Å². The van der Waals surface area contributed by atoms with E-state index in [1.807, 2.05) is 6.92 Å². The largest absolute Gasteiger partial charge is 0.480 e. The van der Waals surface area contributed by atoms with Crippen molar-refractivity contribution in [2.24, 2.45) is 0 Å². The predicted molar refractivity (Wildman–Crippen MR) is 46.2 cm³/mol. The number of carboxylic acid groups (broad SMARTS) is 1. The average molecular weight is 175 g/mol. The highest BCUT2D eigenvalue weighted by atomic mass is 16.5. The first kappa shape index (κ1) is 11.4. The van der Waals surface area contributed by atoms with Crippen molar-refractivity contribution in [3.8, 4) is 0 Å². The lowest BCUT2D eigenvalue weighted by Crippen LogP contribution is -2.44. The number of carboxylic acids is 1. The SMILES string of the molecule is CCCO[C@H](C)[C@H](NC)C(=O)O. The molecular weight excluding hydrogens is 158 g/mol. The molecule has 0 unspecified atom stereocenters. The molecule has 0 saturated carbocycles. The van der Waals surface area contributed by atoms with Gasteiger partial charge in [-0.05, 0) is 20.4 Å². The Morgan fingerprint density at radius 1 is 1.67 bits per heavy atom. The molecule has 2 N–H and O–H groups in total. The molecule has 0 rings (SSSR count). The second-order valence-corrected chi connectivity index (χ2v) is 2.68. The van der Waals surface area contributed by atoms with E-state index in [1.54, 1.807) is 14.0 Å². The Hall–Kier alpha value is -0.610. The maximum absolute atomic E-state index is 10.6. The molecule has 0 spiro atoms. The van der Waals surface area contributed by atoms with E-state index in [1.165, 1.54) is 0 Å². The summed E-state index contributed by atoms with van der Waals surface area (Å²) in [5.74, 6) is -0.874. The van der Waals surface area contributed by atoms with Gasteiger partial charge < -0.3 is 15.2 Å². The molecule has 4 nitrogen and oxygen atoms in total. The summed E-state index contributed by atoms with van der Waals surface area (Å²) in [7, 11) is 1.62. The summed E-state index contributed by atoms with van der Waals surface area (Å²) in [6.07, 6.45) is 0.618. The fraction of sp³-hybridized carbons (Fsp3) is 0.875. The molecular formula is C8H17NO3. The van der Waals surface area contributed by atoms with Crippen LogP contribution in [-0.2, 0) is 9.53 Å². The normalized spacial score (nSPS) is 15.6. The topological polar surface area (TPSA) is 58.6 Å². The van der Waals surface area contributed by atoms with Crippen molar-refractivity contribution >= 4 is 5.97 Å². The molecule has 0 fully saturated rings. The van der Waals surface area contributed by atoms with Gasteiger partial charge >= 0.3 is 5.97 Å². The van der Waals surface area contributed by atoms with Gasteiger partial charge in [0.15, 0.2) is 0 Å². The first-order valence-corrected chi connectivity index (χ1v) is 4.15. The Bertz CT molecular complexity index is 138. The first-order valence-electron chi connectivity index (χ1n) is 4.15. The lowest BCUT2D eigenvalue weighted by Gasteiger charge is -2.19. The molecule has 0 aliphatic heterocycles. The minimum Gasteiger partial charge on any atom is -0.480 e. The summed E-state index contributed by atoms with van der Waals surface area (Å²) in [5.41, 5.74) is 0. The Morgan fingerprint density at radius 3 is 2.58 bits per heavy atom. The molecule has 0 aliphatic carbocycles. The maximum Gasteiger partial charge on any atom is 0.323 e. The van der Waals surface area contributed by atoms with Gasteiger partial charge in [0.1, 0.15) is 6.04 Å². The van der Waals surface area contributed by atoms with E-state index in [0.29, 0.717) is 6.61 Å². The van der Waals surface area contributed by atoms with Gasteiger partial charge in [0.05, 0.1) is 6.10 Å². The minimum absolute atomic E-state index is 0.285. The van der Waals surface area contributed by atoms with Crippen LogP contribution in [0, 0.1) is 0 Å². The average Bonchev–Trinajstić information content (AvgIpc) is 2.01. The Kier molecular flexibility index (Phi) is 5.66. The summed E-state index contributed by atoms with van der Waals surface area (Å²) in [6, 6.07) is -0.614. The smallest absolute Gasteiger partial charge is 0.323 e. The second kappa shape index (κ2) is 5.97. The number of nitrogens with one attached hydrogen (secondary N) is 1. The highest BCUT2D eigenvalue weighted by Crippen LogP contribution is 1.99. The van der Waals surface area contributed by atoms with Crippen molar-refractivity contribution in [2.75, 3.05) is 13.7 Å². The van der Waals surface area contributed by atoms with Gasteiger partial charge in [-0.1, -0.05) is 6.92 Å². The van der Waals surface area contributed by atoms with Crippen molar-refractivity contribution in [2.45, 2.75) is 32.4 Å². The molecule has 4 heteroatoms. The van der Waals surface area contributed by atoms with Crippen molar-refractivity contribution in [1.29, 1.82) is 0 Å². The molecule has 72 valence electrons. The highest BCUT2D eigenvalue weighted by Gasteiger charge is 2.22. The van der Waals surface area contributed by atoms with Crippen LogP contribution in [-0.4, -0.2) is 36.9 Å². The fourth-order valence-corrected chi connectivity index (χ4v) is 0.959. The third kappa shape index (κ3) is 3.69. The summed E-state index contributed by atoms with van der Waals surface area (Å²) >= 11 is 0. The fourth-order valence-electron chi connectivity index (χ4n) is 0.959. The minimum atomic E-state index is -0.874. The molecule has 0 amide bonds. The zero-order valence-corrected chi connectivity index (χ0v) is 7.83. The van der Waals surface area contributed by atoms with Gasteiger partial charge in [0.2, 0.25) is 0 Å². The number of hydrogen-bond acceptors (Lipinski definition) is 3. The van der Waals surface area contributed by atoms with E-state index in [-0.39, 0.29) is 6.10 Å². The van der Waals surface area contributed by atoms with Crippen LogP contribution in [0.3, 0.4) is 0 Å². The third-order valence-electron chi connectivity index (χ3n) is 1.63. The van der Waals surface area contributed by atoms with Crippen LogP contribution in [0.1, 0.15) is 20.3 Å². The monoisotopic (exact) mass is 175 g/mol. The number of likely N-dealkylation sites (N-methyl/N-ethyl adjacent to an activating group) is 1. The van der Waals surface area contributed by atoms with Crippen LogP contribution in [0.4, 0.5) is 0 Å². The van der Waals surface area contributed by atoms with Gasteiger partial charge in [-0.25, -0.2) is 0 Å². The van der Waals surface area contributed by atoms with Gasteiger partial charge in [-0.2, -0.15) is 0 Å². The molecule has 0 aromatic carbocycles. The predicted octanol–water partition coefficient (Wildman–Crippen LogP) is 0.474. The molecule has 0 bridgehead atoms. The summed E-state index contributed by atoms with van der Waals surface area (Å²) in [5, 5.41) is 11.4. The Morgan fingerprint density at radius 2 is 2.25 bits per heavy atom. The Labute approximate surface area is 72.9 Å². The van der Waals surface area contributed by atoms with Crippen molar-refractivity contribution in [1.82, 2.24) is 5.32 Å². The van der Waals surface area contributed by atoms with E-state index in [2.05, 4.69) is 5.32 Å².